The van der Waals surface area contributed by atoms with Crippen LogP contribution in [0.1, 0.15) is 40.2 Å². The van der Waals surface area contributed by atoms with Gasteiger partial charge in [0, 0.05) is 28.1 Å². The van der Waals surface area contributed by atoms with Gasteiger partial charge in [0.05, 0.1) is 12.7 Å². The van der Waals surface area contributed by atoms with Crippen LogP contribution in [0.25, 0.3) is 10.9 Å². The van der Waals surface area contributed by atoms with Crippen LogP contribution in [0, 0.1) is 0 Å². The van der Waals surface area contributed by atoms with E-state index in [1.165, 1.54) is 23.6 Å². The van der Waals surface area contributed by atoms with Crippen molar-refractivity contribution in [2.45, 2.75) is 25.3 Å². The lowest BCUT2D eigenvalue weighted by Gasteiger charge is -2.32. The first-order chi connectivity index (χ1) is 13.2. The molecule has 0 radical (unpaired) electrons. The summed E-state index contributed by atoms with van der Waals surface area (Å²) >= 11 is 3.62. The molecule has 4 nitrogen and oxygen atoms in total. The monoisotopic (exact) mass is 426 g/mol. The fraction of sp³-hybridized carbons (Fsp3) is 0.318. The highest BCUT2D eigenvalue weighted by atomic mass is 79.9. The number of piperidine rings is 1. The zero-order chi connectivity index (χ0) is 18.8. The molecule has 3 aromatic rings. The van der Waals surface area contributed by atoms with Crippen molar-refractivity contribution in [2.24, 2.45) is 0 Å². The molecule has 0 unspecified atom stereocenters. The minimum Gasteiger partial charge on any atom is -0.465 e. The number of ether oxygens (including phenoxy) is 1. The summed E-state index contributed by atoms with van der Waals surface area (Å²) in [4.78, 5) is 17.7. The van der Waals surface area contributed by atoms with Crippen LogP contribution >= 0.6 is 15.9 Å². The maximum absolute atomic E-state index is 11.8. The number of benzene rings is 2. The Kier molecular flexibility index (Phi) is 5.32. The number of nitrogens with one attached hydrogen (secondary N) is 1. The topological polar surface area (TPSA) is 45.3 Å². The smallest absolute Gasteiger partial charge is 0.337 e. The molecule has 0 saturated carbocycles. The van der Waals surface area contributed by atoms with E-state index in [0.29, 0.717) is 11.5 Å². The fourth-order valence-electron chi connectivity index (χ4n) is 4.02. The first-order valence-corrected chi connectivity index (χ1v) is 10.1. The highest BCUT2D eigenvalue weighted by molar-refractivity contribution is 9.10. The van der Waals surface area contributed by atoms with Crippen LogP contribution < -0.4 is 0 Å². The average molecular weight is 427 g/mol. The summed E-state index contributed by atoms with van der Waals surface area (Å²) in [6, 6.07) is 14.2. The Labute approximate surface area is 167 Å². The van der Waals surface area contributed by atoms with Gasteiger partial charge in [0.1, 0.15) is 0 Å². The number of halogens is 1. The van der Waals surface area contributed by atoms with Gasteiger partial charge in [-0.05, 0) is 67.2 Å². The van der Waals surface area contributed by atoms with Crippen molar-refractivity contribution in [3.63, 3.8) is 0 Å². The molecule has 1 aliphatic rings. The predicted molar refractivity (Wildman–Crippen MR) is 111 cm³/mol. The summed E-state index contributed by atoms with van der Waals surface area (Å²) in [6.45, 7) is 2.95. The summed E-state index contributed by atoms with van der Waals surface area (Å²) in [7, 11) is 1.42. The third kappa shape index (κ3) is 3.80. The molecule has 5 heteroatoms. The lowest BCUT2D eigenvalue weighted by molar-refractivity contribution is 0.0600. The van der Waals surface area contributed by atoms with Crippen LogP contribution in [0.5, 0.6) is 0 Å². The number of hydrogen-bond acceptors (Lipinski definition) is 3. The molecule has 27 heavy (non-hydrogen) atoms. The van der Waals surface area contributed by atoms with Crippen molar-refractivity contribution >= 4 is 32.8 Å². The largest absolute Gasteiger partial charge is 0.465 e. The van der Waals surface area contributed by atoms with Crippen LogP contribution in [0.4, 0.5) is 0 Å². The van der Waals surface area contributed by atoms with Crippen molar-refractivity contribution in [1.82, 2.24) is 9.88 Å². The van der Waals surface area contributed by atoms with Gasteiger partial charge in [0.25, 0.3) is 0 Å². The number of carbonyl (C=O) groups is 1. The number of para-hydroxylation sites is 1. The minimum absolute atomic E-state index is 0.290. The molecule has 1 N–H and O–H groups in total. The van der Waals surface area contributed by atoms with Gasteiger partial charge < -0.3 is 9.72 Å². The second-order valence-corrected chi connectivity index (χ2v) is 7.99. The molecule has 4 rings (SSSR count). The quantitative estimate of drug-likeness (QED) is 0.590. The Bertz CT molecular complexity index is 958. The first kappa shape index (κ1) is 18.3. The van der Waals surface area contributed by atoms with E-state index in [1.54, 1.807) is 6.07 Å². The molecule has 0 amide bonds. The SMILES string of the molecule is COC(=O)c1ccc(Br)c(CN2CCC(c3c[nH]c4ccccc34)CC2)c1. The molecule has 2 aromatic carbocycles. The molecule has 1 fully saturated rings. The predicted octanol–water partition coefficient (Wildman–Crippen LogP) is 5.10. The number of esters is 1. The molecule has 2 heterocycles. The van der Waals surface area contributed by atoms with Gasteiger partial charge in [-0.2, -0.15) is 0 Å². The Hall–Kier alpha value is -2.11. The Morgan fingerprint density at radius 2 is 2.00 bits per heavy atom. The zero-order valence-corrected chi connectivity index (χ0v) is 17.0. The van der Waals surface area contributed by atoms with Gasteiger partial charge in [0.15, 0.2) is 0 Å². The number of aromatic amines is 1. The van der Waals surface area contributed by atoms with Crippen LogP contribution in [-0.2, 0) is 11.3 Å². The lowest BCUT2D eigenvalue weighted by atomic mass is 9.89. The average Bonchev–Trinajstić information content (AvgIpc) is 3.14. The standard InChI is InChI=1S/C22H23BrN2O2/c1-27-22(26)16-6-7-20(23)17(12-16)14-25-10-8-15(9-11-25)19-13-24-21-5-3-2-4-18(19)21/h2-7,12-13,15,24H,8-11,14H2,1H3. The second kappa shape index (κ2) is 7.87. The maximum atomic E-state index is 11.8. The van der Waals surface area contributed by atoms with Crippen molar-refractivity contribution in [3.8, 4) is 0 Å². The number of methoxy groups -OCH3 is 1. The Morgan fingerprint density at radius 3 is 2.78 bits per heavy atom. The third-order valence-electron chi connectivity index (χ3n) is 5.51. The number of nitrogens with zero attached hydrogens (tertiary/aromatic N) is 1. The van der Waals surface area contributed by atoms with Crippen molar-refractivity contribution in [1.29, 1.82) is 0 Å². The summed E-state index contributed by atoms with van der Waals surface area (Å²) in [5, 5.41) is 1.35. The van der Waals surface area contributed by atoms with E-state index in [4.69, 9.17) is 4.74 Å². The number of carbonyl (C=O) groups excluding carboxylic acids is 1. The summed E-state index contributed by atoms with van der Waals surface area (Å²) < 4.78 is 5.88. The number of H-pyrrole nitrogens is 1. The summed E-state index contributed by atoms with van der Waals surface area (Å²) in [5.41, 5.74) is 4.39. The van der Waals surface area contributed by atoms with Crippen molar-refractivity contribution in [3.05, 3.63) is 69.8 Å². The Morgan fingerprint density at radius 1 is 1.22 bits per heavy atom. The van der Waals surface area contributed by atoms with Gasteiger partial charge in [-0.1, -0.05) is 34.1 Å². The Balaban J connectivity index is 1.43. The molecule has 0 aliphatic carbocycles. The molecule has 1 saturated heterocycles. The van der Waals surface area contributed by atoms with Gasteiger partial charge in [-0.15, -0.1) is 0 Å². The van der Waals surface area contributed by atoms with E-state index in [2.05, 4.69) is 56.3 Å². The maximum Gasteiger partial charge on any atom is 0.337 e. The van der Waals surface area contributed by atoms with Gasteiger partial charge in [-0.25, -0.2) is 4.79 Å². The number of fused-ring (bicyclic) bond motifs is 1. The van der Waals surface area contributed by atoms with E-state index >= 15 is 0 Å². The summed E-state index contributed by atoms with van der Waals surface area (Å²) in [5.74, 6) is 0.309. The van der Waals surface area contributed by atoms with E-state index in [9.17, 15) is 4.79 Å². The fourth-order valence-corrected chi connectivity index (χ4v) is 4.39. The van der Waals surface area contributed by atoms with Crippen molar-refractivity contribution in [2.75, 3.05) is 20.2 Å². The number of likely N-dealkylation sites (tertiary alicyclic amines) is 1. The lowest BCUT2D eigenvalue weighted by Crippen LogP contribution is -2.32. The third-order valence-corrected chi connectivity index (χ3v) is 6.28. The van der Waals surface area contributed by atoms with Gasteiger partial charge >= 0.3 is 5.97 Å². The summed E-state index contributed by atoms with van der Waals surface area (Å²) in [6.07, 6.45) is 4.48. The van der Waals surface area contributed by atoms with Crippen molar-refractivity contribution < 1.29 is 9.53 Å². The normalized spacial score (nSPS) is 15.9. The van der Waals surface area contributed by atoms with Crippen LogP contribution in [0.3, 0.4) is 0 Å². The molecular formula is C22H23BrN2O2. The molecular weight excluding hydrogens is 404 g/mol. The van der Waals surface area contributed by atoms with Crippen LogP contribution in [-0.4, -0.2) is 36.1 Å². The number of aromatic nitrogens is 1. The van der Waals surface area contributed by atoms with Gasteiger partial charge in [0.2, 0.25) is 0 Å². The zero-order valence-electron chi connectivity index (χ0n) is 15.4. The highest BCUT2D eigenvalue weighted by Gasteiger charge is 2.23. The first-order valence-electron chi connectivity index (χ1n) is 9.31. The molecule has 0 atom stereocenters. The van der Waals surface area contributed by atoms with Gasteiger partial charge in [-0.3, -0.25) is 4.90 Å². The molecule has 0 bridgehead atoms. The van der Waals surface area contributed by atoms with E-state index in [0.717, 1.165) is 42.5 Å². The molecule has 1 aliphatic heterocycles. The second-order valence-electron chi connectivity index (χ2n) is 7.14. The number of rotatable bonds is 4. The van der Waals surface area contributed by atoms with E-state index in [1.807, 2.05) is 12.1 Å². The van der Waals surface area contributed by atoms with E-state index in [-0.39, 0.29) is 5.97 Å². The van der Waals surface area contributed by atoms with Crippen LogP contribution in [0.15, 0.2) is 53.1 Å². The minimum atomic E-state index is -0.290. The van der Waals surface area contributed by atoms with Crippen LogP contribution in [0.2, 0.25) is 0 Å². The number of hydrogen-bond donors (Lipinski definition) is 1. The highest BCUT2D eigenvalue weighted by Crippen LogP contribution is 2.34. The molecule has 140 valence electrons. The molecule has 0 spiro atoms. The molecule has 1 aromatic heterocycles. The van der Waals surface area contributed by atoms with E-state index < -0.39 is 0 Å².